The van der Waals surface area contributed by atoms with Crippen LogP contribution in [0, 0.1) is 11.8 Å². The van der Waals surface area contributed by atoms with Gasteiger partial charge in [-0.15, -0.1) is 0 Å². The number of carbonyl (C=O) groups is 1. The van der Waals surface area contributed by atoms with Gasteiger partial charge >= 0.3 is 0 Å². The van der Waals surface area contributed by atoms with Gasteiger partial charge in [0.2, 0.25) is 5.91 Å². The fourth-order valence-electron chi connectivity index (χ4n) is 5.87. The number of piperidine rings is 1. The lowest BCUT2D eigenvalue weighted by Gasteiger charge is -2.46. The van der Waals surface area contributed by atoms with Gasteiger partial charge in [-0.3, -0.25) is 14.6 Å². The standard InChI is InChI=1S/C19H35N5O/c1-22-9-11-24(12-10-22)13-17(25)21-18-14-5-3-4-6-16(14)20-19-15(18)7-8-23(19)2/h14-16,18-20H,3-13H2,1-2H3,(H,21,25)/p+2. The van der Waals surface area contributed by atoms with Crippen molar-refractivity contribution in [2.75, 3.05) is 53.4 Å². The summed E-state index contributed by atoms with van der Waals surface area (Å²) in [6.07, 6.45) is 7.16. The fourth-order valence-corrected chi connectivity index (χ4v) is 5.87. The lowest BCUT2D eigenvalue weighted by molar-refractivity contribution is -0.884. The van der Waals surface area contributed by atoms with Crippen LogP contribution in [0.4, 0.5) is 0 Å². The topological polar surface area (TPSA) is 56.6 Å². The number of likely N-dealkylation sites (N-methyl/N-ethyl adjacent to an activating group) is 1. The quantitative estimate of drug-likeness (QED) is 0.537. The van der Waals surface area contributed by atoms with Gasteiger partial charge in [0.15, 0.2) is 0 Å². The second kappa shape index (κ2) is 7.51. The van der Waals surface area contributed by atoms with E-state index in [0.29, 0.717) is 36.6 Å². The van der Waals surface area contributed by atoms with Crippen molar-refractivity contribution in [3.05, 3.63) is 0 Å². The molecule has 4 rings (SSSR count). The zero-order valence-electron chi connectivity index (χ0n) is 16.0. The summed E-state index contributed by atoms with van der Waals surface area (Å²) in [5.41, 5.74) is 0. The molecule has 3 saturated heterocycles. The first-order valence-corrected chi connectivity index (χ1v) is 10.5. The Morgan fingerprint density at radius 1 is 1.12 bits per heavy atom. The number of hydrogen-bond donors (Lipinski definition) is 3. The number of nitrogens with two attached hydrogens (primary N) is 1. The second-order valence-corrected chi connectivity index (χ2v) is 9.05. The molecule has 142 valence electrons. The second-order valence-electron chi connectivity index (χ2n) is 9.05. The van der Waals surface area contributed by atoms with Crippen LogP contribution in [0.5, 0.6) is 0 Å². The summed E-state index contributed by atoms with van der Waals surface area (Å²) in [6.45, 7) is 6.20. The first-order chi connectivity index (χ1) is 12.1. The molecule has 0 aromatic carbocycles. The van der Waals surface area contributed by atoms with Gasteiger partial charge in [0, 0.05) is 37.5 Å². The van der Waals surface area contributed by atoms with Gasteiger partial charge in [-0.05, 0) is 32.7 Å². The third-order valence-corrected chi connectivity index (χ3v) is 7.41. The third-order valence-electron chi connectivity index (χ3n) is 7.41. The van der Waals surface area contributed by atoms with Gasteiger partial charge in [-0.25, -0.2) is 0 Å². The summed E-state index contributed by atoms with van der Waals surface area (Å²) < 4.78 is 0. The molecule has 0 bridgehead atoms. The number of carbonyl (C=O) groups excluding carboxylic acids is 1. The van der Waals surface area contributed by atoms with Gasteiger partial charge in [-0.1, -0.05) is 6.42 Å². The van der Waals surface area contributed by atoms with Gasteiger partial charge in [0.05, 0.1) is 32.7 Å². The molecule has 4 N–H and O–H groups in total. The Kier molecular flexibility index (Phi) is 5.32. The number of hydrogen-bond acceptors (Lipinski definition) is 3. The van der Waals surface area contributed by atoms with Gasteiger partial charge in [0.25, 0.3) is 0 Å². The van der Waals surface area contributed by atoms with Crippen LogP contribution in [0.3, 0.4) is 0 Å². The number of quaternary nitrogens is 2. The van der Waals surface area contributed by atoms with E-state index in [-0.39, 0.29) is 5.91 Å². The maximum absolute atomic E-state index is 12.8. The molecule has 25 heavy (non-hydrogen) atoms. The normalized spacial score (nSPS) is 40.5. The Hall–Kier alpha value is -0.690. The molecule has 0 spiro atoms. The predicted octanol–water partition coefficient (Wildman–Crippen LogP) is -2.28. The summed E-state index contributed by atoms with van der Waals surface area (Å²) in [6, 6.07) is 1.11. The van der Waals surface area contributed by atoms with Crippen LogP contribution < -0.4 is 15.5 Å². The zero-order valence-corrected chi connectivity index (χ0v) is 16.0. The molecule has 1 aliphatic carbocycles. The van der Waals surface area contributed by atoms with Crippen LogP contribution in [0.15, 0.2) is 0 Å². The monoisotopic (exact) mass is 351 g/mol. The molecule has 0 aromatic rings. The number of likely N-dealkylation sites (tertiary alicyclic amines) is 1. The lowest BCUT2D eigenvalue weighted by Crippen LogP contribution is -3.12. The Morgan fingerprint density at radius 3 is 2.68 bits per heavy atom. The number of rotatable bonds is 3. The first-order valence-electron chi connectivity index (χ1n) is 10.5. The first kappa shape index (κ1) is 17.7. The maximum atomic E-state index is 12.8. The molecule has 0 aromatic heterocycles. The van der Waals surface area contributed by atoms with E-state index in [1.54, 1.807) is 4.90 Å². The van der Waals surface area contributed by atoms with Crippen molar-refractivity contribution >= 4 is 5.91 Å². The minimum Gasteiger partial charge on any atom is -0.351 e. The van der Waals surface area contributed by atoms with E-state index in [9.17, 15) is 4.79 Å². The Balaban J connectivity index is 1.40. The van der Waals surface area contributed by atoms with Crippen molar-refractivity contribution in [3.63, 3.8) is 0 Å². The van der Waals surface area contributed by atoms with Crippen molar-refractivity contribution in [1.29, 1.82) is 0 Å². The zero-order chi connectivity index (χ0) is 17.4. The van der Waals surface area contributed by atoms with Crippen LogP contribution >= 0.6 is 0 Å². The Labute approximate surface area is 152 Å². The van der Waals surface area contributed by atoms with Gasteiger partial charge in [0.1, 0.15) is 6.17 Å². The summed E-state index contributed by atoms with van der Waals surface area (Å²) in [4.78, 5) is 19.3. The molecule has 5 unspecified atom stereocenters. The summed E-state index contributed by atoms with van der Waals surface area (Å²) >= 11 is 0. The molecular formula is C19H37N5O+2. The van der Waals surface area contributed by atoms with E-state index in [4.69, 9.17) is 0 Å². The molecule has 5 atom stereocenters. The van der Waals surface area contributed by atoms with Crippen molar-refractivity contribution in [2.45, 2.75) is 50.4 Å². The van der Waals surface area contributed by atoms with E-state index < -0.39 is 0 Å². The molecule has 1 amide bonds. The molecule has 4 aliphatic rings. The minimum absolute atomic E-state index is 0.268. The SMILES string of the molecule is CN1CCC2C(NC(=O)CN3CC[NH+](C)CC3)C3CCCCC3[NH2+]C21. The van der Waals surface area contributed by atoms with Crippen molar-refractivity contribution in [3.8, 4) is 0 Å². The van der Waals surface area contributed by atoms with Gasteiger partial charge < -0.3 is 15.5 Å². The highest BCUT2D eigenvalue weighted by molar-refractivity contribution is 5.78. The predicted molar refractivity (Wildman–Crippen MR) is 97.2 cm³/mol. The van der Waals surface area contributed by atoms with Crippen LogP contribution in [0.2, 0.25) is 0 Å². The number of nitrogens with zero attached hydrogens (tertiary/aromatic N) is 2. The minimum atomic E-state index is 0.268. The largest absolute Gasteiger partial charge is 0.351 e. The highest BCUT2D eigenvalue weighted by Gasteiger charge is 2.52. The van der Waals surface area contributed by atoms with E-state index in [1.807, 2.05) is 0 Å². The fraction of sp³-hybridized carbons (Fsp3) is 0.947. The summed E-state index contributed by atoms with van der Waals surface area (Å²) in [5, 5.41) is 6.18. The Bertz CT molecular complexity index is 474. The van der Waals surface area contributed by atoms with Crippen molar-refractivity contribution < 1.29 is 15.0 Å². The molecule has 6 nitrogen and oxygen atoms in total. The van der Waals surface area contributed by atoms with E-state index in [2.05, 4.69) is 34.5 Å². The molecular weight excluding hydrogens is 314 g/mol. The molecule has 3 aliphatic heterocycles. The number of nitrogens with one attached hydrogen (secondary N) is 2. The maximum Gasteiger partial charge on any atom is 0.234 e. The number of piperazine rings is 1. The Morgan fingerprint density at radius 2 is 1.88 bits per heavy atom. The van der Waals surface area contributed by atoms with E-state index >= 15 is 0 Å². The lowest BCUT2D eigenvalue weighted by atomic mass is 9.71. The van der Waals surface area contributed by atoms with Crippen LogP contribution in [0.1, 0.15) is 32.1 Å². The number of fused-ring (bicyclic) bond motifs is 2. The molecule has 4 fully saturated rings. The van der Waals surface area contributed by atoms with Crippen LogP contribution in [0.25, 0.3) is 0 Å². The summed E-state index contributed by atoms with van der Waals surface area (Å²) in [5.74, 6) is 1.58. The highest BCUT2D eigenvalue weighted by atomic mass is 16.2. The third kappa shape index (κ3) is 3.72. The molecule has 1 saturated carbocycles. The highest BCUT2D eigenvalue weighted by Crippen LogP contribution is 2.36. The molecule has 6 heteroatoms. The molecule has 0 radical (unpaired) electrons. The van der Waals surface area contributed by atoms with E-state index in [0.717, 1.165) is 26.2 Å². The van der Waals surface area contributed by atoms with Crippen LogP contribution in [-0.4, -0.2) is 87.3 Å². The van der Waals surface area contributed by atoms with E-state index in [1.165, 1.54) is 38.6 Å². The van der Waals surface area contributed by atoms with Crippen molar-refractivity contribution in [1.82, 2.24) is 15.1 Å². The average molecular weight is 352 g/mol. The van der Waals surface area contributed by atoms with Crippen LogP contribution in [-0.2, 0) is 4.79 Å². The van der Waals surface area contributed by atoms with Crippen molar-refractivity contribution in [2.24, 2.45) is 11.8 Å². The summed E-state index contributed by atoms with van der Waals surface area (Å²) in [7, 11) is 4.51. The van der Waals surface area contributed by atoms with Gasteiger partial charge in [-0.2, -0.15) is 0 Å². The average Bonchev–Trinajstić information content (AvgIpc) is 2.98. The smallest absolute Gasteiger partial charge is 0.234 e. The number of amides is 1. The molecule has 3 heterocycles.